The number of aldehydes is 1. The van der Waals surface area contributed by atoms with Crippen LogP contribution in [0.3, 0.4) is 0 Å². The average Bonchev–Trinajstić information content (AvgIpc) is 3.00. The number of hydrogen-bond acceptors (Lipinski definition) is 4. The van der Waals surface area contributed by atoms with Gasteiger partial charge < -0.3 is 9.73 Å². The van der Waals surface area contributed by atoms with Crippen molar-refractivity contribution in [3.05, 3.63) is 35.6 Å². The van der Waals surface area contributed by atoms with Gasteiger partial charge in [-0.2, -0.15) is 0 Å². The molecule has 1 N–H and O–H groups in total. The fourth-order valence-electron chi connectivity index (χ4n) is 4.04. The largest absolute Gasteiger partial charge is 0.453 e. The number of hydrogen-bond donors (Lipinski definition) is 1. The summed E-state index contributed by atoms with van der Waals surface area (Å²) >= 11 is 0. The lowest BCUT2D eigenvalue weighted by Crippen LogP contribution is -2.62. The highest BCUT2D eigenvalue weighted by atomic mass is 16.3. The van der Waals surface area contributed by atoms with Gasteiger partial charge >= 0.3 is 0 Å². The Bertz CT molecular complexity index is 757. The van der Waals surface area contributed by atoms with Crippen LogP contribution in [0.1, 0.15) is 40.7 Å². The normalized spacial score (nSPS) is 29.6. The molecule has 2 aromatic rings. The van der Waals surface area contributed by atoms with Crippen LogP contribution in [0.4, 0.5) is 0 Å². The summed E-state index contributed by atoms with van der Waals surface area (Å²) in [7, 11) is 0. The van der Waals surface area contributed by atoms with Crippen LogP contribution in [0, 0.1) is 5.92 Å². The number of benzene rings is 1. The maximum Gasteiger partial charge on any atom is 0.251 e. The Morgan fingerprint density at radius 1 is 1.30 bits per heavy atom. The SMILES string of the molecule is CC1C(NC(=O)c2ccc3oc(C=O)cc3c2)C2CCN1CC2. The number of nitrogens with one attached hydrogen (secondary N) is 1. The highest BCUT2D eigenvalue weighted by Crippen LogP contribution is 2.32. The third-order valence-corrected chi connectivity index (χ3v) is 5.39. The summed E-state index contributed by atoms with van der Waals surface area (Å²) in [5.41, 5.74) is 1.24. The highest BCUT2D eigenvalue weighted by molar-refractivity contribution is 5.98. The summed E-state index contributed by atoms with van der Waals surface area (Å²) in [6, 6.07) is 7.56. The van der Waals surface area contributed by atoms with Gasteiger partial charge in [0, 0.05) is 23.0 Å². The van der Waals surface area contributed by atoms with E-state index in [1.807, 2.05) is 0 Å². The molecule has 3 aliphatic heterocycles. The van der Waals surface area contributed by atoms with Crippen LogP contribution in [0.15, 0.2) is 28.7 Å². The molecular weight excluding hydrogens is 292 g/mol. The van der Waals surface area contributed by atoms with Gasteiger partial charge in [-0.15, -0.1) is 0 Å². The predicted molar refractivity (Wildman–Crippen MR) is 86.6 cm³/mol. The first-order valence-corrected chi connectivity index (χ1v) is 8.19. The van der Waals surface area contributed by atoms with Crippen LogP contribution in [0.25, 0.3) is 11.0 Å². The maximum atomic E-state index is 12.6. The lowest BCUT2D eigenvalue weighted by atomic mass is 9.79. The summed E-state index contributed by atoms with van der Waals surface area (Å²) in [5, 5.41) is 4.00. The molecule has 5 rings (SSSR count). The Kier molecular flexibility index (Phi) is 3.45. The van der Waals surface area contributed by atoms with Crippen LogP contribution >= 0.6 is 0 Å². The third-order valence-electron chi connectivity index (χ3n) is 5.39. The lowest BCUT2D eigenvalue weighted by Gasteiger charge is -2.49. The molecule has 4 heterocycles. The third kappa shape index (κ3) is 2.45. The molecule has 1 aromatic carbocycles. The van der Waals surface area contributed by atoms with Crippen molar-refractivity contribution in [2.75, 3.05) is 13.1 Å². The minimum atomic E-state index is -0.0497. The van der Waals surface area contributed by atoms with Gasteiger partial charge in [0.2, 0.25) is 0 Å². The van der Waals surface area contributed by atoms with Crippen LogP contribution in [-0.4, -0.2) is 42.3 Å². The zero-order valence-electron chi connectivity index (χ0n) is 13.1. The highest BCUT2D eigenvalue weighted by Gasteiger charge is 2.40. The molecule has 3 saturated heterocycles. The fraction of sp³-hybridized carbons (Fsp3) is 0.444. The van der Waals surface area contributed by atoms with Gasteiger partial charge in [0.1, 0.15) is 5.58 Å². The molecule has 23 heavy (non-hydrogen) atoms. The quantitative estimate of drug-likeness (QED) is 0.884. The number of furan rings is 1. The average molecular weight is 312 g/mol. The van der Waals surface area contributed by atoms with Crippen molar-refractivity contribution in [2.24, 2.45) is 5.92 Å². The number of piperidine rings is 3. The molecule has 0 aliphatic carbocycles. The topological polar surface area (TPSA) is 62.6 Å². The van der Waals surface area contributed by atoms with Crippen molar-refractivity contribution in [1.82, 2.24) is 10.2 Å². The van der Waals surface area contributed by atoms with Crippen LogP contribution in [0.5, 0.6) is 0 Å². The molecule has 3 aliphatic rings. The van der Waals surface area contributed by atoms with Gasteiger partial charge in [0.05, 0.1) is 0 Å². The van der Waals surface area contributed by atoms with E-state index in [1.165, 1.54) is 12.8 Å². The van der Waals surface area contributed by atoms with E-state index < -0.39 is 0 Å². The van der Waals surface area contributed by atoms with Crippen molar-refractivity contribution in [3.8, 4) is 0 Å². The lowest BCUT2D eigenvalue weighted by molar-refractivity contribution is 0.0217. The first-order valence-electron chi connectivity index (χ1n) is 8.19. The molecule has 2 bridgehead atoms. The second-order valence-electron chi connectivity index (χ2n) is 6.63. The predicted octanol–water partition coefficient (Wildman–Crippen LogP) is 2.46. The standard InChI is InChI=1S/C18H20N2O3/c1-11-17(12-4-6-20(11)7-5-12)19-18(22)13-2-3-16-14(8-13)9-15(10-21)23-16/h2-3,8-12,17H,4-7H2,1H3,(H,19,22). The molecule has 1 amide bonds. The Morgan fingerprint density at radius 3 is 2.78 bits per heavy atom. The fourth-order valence-corrected chi connectivity index (χ4v) is 4.04. The van der Waals surface area contributed by atoms with Crippen LogP contribution in [0.2, 0.25) is 0 Å². The number of fused-ring (bicyclic) bond motifs is 4. The molecule has 3 fully saturated rings. The van der Waals surface area contributed by atoms with Gasteiger partial charge in [-0.3, -0.25) is 14.5 Å². The summed E-state index contributed by atoms with van der Waals surface area (Å²) in [6.07, 6.45) is 3.01. The van der Waals surface area contributed by atoms with Gasteiger partial charge in [-0.05, 0) is 63.0 Å². The smallest absolute Gasteiger partial charge is 0.251 e. The monoisotopic (exact) mass is 312 g/mol. The van der Waals surface area contributed by atoms with E-state index in [1.54, 1.807) is 24.3 Å². The Balaban J connectivity index is 1.55. The van der Waals surface area contributed by atoms with Crippen molar-refractivity contribution < 1.29 is 14.0 Å². The van der Waals surface area contributed by atoms with Crippen LogP contribution < -0.4 is 5.32 Å². The van der Waals surface area contributed by atoms with E-state index in [0.717, 1.165) is 18.5 Å². The van der Waals surface area contributed by atoms with E-state index in [9.17, 15) is 9.59 Å². The first kappa shape index (κ1) is 14.5. The van der Waals surface area contributed by atoms with Crippen LogP contribution in [-0.2, 0) is 0 Å². The number of carbonyl (C=O) groups is 2. The van der Waals surface area contributed by atoms with Gasteiger partial charge in [-0.1, -0.05) is 0 Å². The number of rotatable bonds is 3. The number of amides is 1. The first-order chi connectivity index (χ1) is 11.2. The molecule has 0 radical (unpaired) electrons. The van der Waals surface area contributed by atoms with E-state index in [0.29, 0.717) is 29.4 Å². The minimum Gasteiger partial charge on any atom is -0.453 e. The molecule has 5 heteroatoms. The number of nitrogens with zero attached hydrogens (tertiary/aromatic N) is 1. The van der Waals surface area contributed by atoms with Gasteiger partial charge in [0.15, 0.2) is 12.0 Å². The van der Waals surface area contributed by atoms with E-state index in [4.69, 9.17) is 4.42 Å². The summed E-state index contributed by atoms with van der Waals surface area (Å²) in [4.78, 5) is 25.9. The Labute approximate surface area is 134 Å². The second-order valence-corrected chi connectivity index (χ2v) is 6.63. The molecular formula is C18H20N2O3. The number of carbonyl (C=O) groups excluding carboxylic acids is 2. The van der Waals surface area contributed by atoms with E-state index >= 15 is 0 Å². The van der Waals surface area contributed by atoms with Gasteiger partial charge in [-0.25, -0.2) is 0 Å². The molecule has 2 atom stereocenters. The van der Waals surface area contributed by atoms with E-state index in [-0.39, 0.29) is 17.7 Å². The van der Waals surface area contributed by atoms with Crippen molar-refractivity contribution in [1.29, 1.82) is 0 Å². The van der Waals surface area contributed by atoms with Gasteiger partial charge in [0.25, 0.3) is 5.91 Å². The minimum absolute atomic E-state index is 0.0497. The van der Waals surface area contributed by atoms with E-state index in [2.05, 4.69) is 17.1 Å². The van der Waals surface area contributed by atoms with Crippen molar-refractivity contribution >= 4 is 23.2 Å². The molecule has 1 aromatic heterocycles. The molecule has 120 valence electrons. The summed E-state index contributed by atoms with van der Waals surface area (Å²) in [5.74, 6) is 0.813. The van der Waals surface area contributed by atoms with Crippen molar-refractivity contribution in [3.63, 3.8) is 0 Å². The zero-order chi connectivity index (χ0) is 16.0. The summed E-state index contributed by atoms with van der Waals surface area (Å²) < 4.78 is 5.35. The summed E-state index contributed by atoms with van der Waals surface area (Å²) in [6.45, 7) is 4.49. The Hall–Kier alpha value is -2.14. The van der Waals surface area contributed by atoms with Crippen molar-refractivity contribution in [2.45, 2.75) is 31.8 Å². The Morgan fingerprint density at radius 2 is 2.09 bits per heavy atom. The molecule has 0 spiro atoms. The molecule has 0 saturated carbocycles. The maximum absolute atomic E-state index is 12.6. The molecule has 5 nitrogen and oxygen atoms in total. The second kappa shape index (κ2) is 5.49. The molecule has 2 unspecified atom stereocenters. The zero-order valence-corrected chi connectivity index (χ0v) is 13.1.